The van der Waals surface area contributed by atoms with Gasteiger partial charge in [-0.05, 0) is 53.2 Å². The molecule has 0 bridgehead atoms. The zero-order valence-corrected chi connectivity index (χ0v) is 11.9. The van der Waals surface area contributed by atoms with Crippen LogP contribution >= 0.6 is 0 Å². The van der Waals surface area contributed by atoms with Crippen LogP contribution in [0.1, 0.15) is 26.7 Å². The summed E-state index contributed by atoms with van der Waals surface area (Å²) in [6, 6.07) is 0. The van der Waals surface area contributed by atoms with Crippen LogP contribution < -0.4 is 5.32 Å². The maximum absolute atomic E-state index is 12.1. The second-order valence-corrected chi connectivity index (χ2v) is 5.81. The van der Waals surface area contributed by atoms with Gasteiger partial charge in [0.1, 0.15) is 0 Å². The number of carbonyl (C=O) groups is 1. The topological polar surface area (TPSA) is 35.6 Å². The van der Waals surface area contributed by atoms with Crippen molar-refractivity contribution in [1.82, 2.24) is 15.1 Å². The standard InChI is InChI=1S/C13H27N3O/c1-13(2,14-3)12(17)16(5)9-7-11-6-8-15(4)10-11/h11,14H,6-10H2,1-5H3. The number of amides is 1. The van der Waals surface area contributed by atoms with Gasteiger partial charge in [-0.2, -0.15) is 0 Å². The molecule has 1 amide bonds. The molecule has 1 atom stereocenters. The number of rotatable bonds is 5. The van der Waals surface area contributed by atoms with Crippen LogP contribution in [0.25, 0.3) is 0 Å². The number of carbonyl (C=O) groups excluding carboxylic acids is 1. The Morgan fingerprint density at radius 1 is 1.53 bits per heavy atom. The molecule has 0 radical (unpaired) electrons. The number of nitrogens with one attached hydrogen (secondary N) is 1. The molecular weight excluding hydrogens is 214 g/mol. The molecule has 17 heavy (non-hydrogen) atoms. The molecule has 1 aliphatic heterocycles. The summed E-state index contributed by atoms with van der Waals surface area (Å²) < 4.78 is 0. The molecule has 1 unspecified atom stereocenters. The Hall–Kier alpha value is -0.610. The van der Waals surface area contributed by atoms with Gasteiger partial charge in [-0.3, -0.25) is 4.79 Å². The van der Waals surface area contributed by atoms with Gasteiger partial charge in [-0.25, -0.2) is 0 Å². The van der Waals surface area contributed by atoms with Crippen molar-refractivity contribution in [1.29, 1.82) is 0 Å². The number of hydrogen-bond donors (Lipinski definition) is 1. The van der Waals surface area contributed by atoms with E-state index >= 15 is 0 Å². The van der Waals surface area contributed by atoms with E-state index in [4.69, 9.17) is 0 Å². The Kier molecular flexibility index (Phi) is 4.95. The second kappa shape index (κ2) is 5.83. The average molecular weight is 241 g/mol. The minimum Gasteiger partial charge on any atom is -0.344 e. The molecule has 0 spiro atoms. The summed E-state index contributed by atoms with van der Waals surface area (Å²) in [6.07, 6.45) is 2.39. The van der Waals surface area contributed by atoms with Crippen molar-refractivity contribution in [3.05, 3.63) is 0 Å². The Morgan fingerprint density at radius 2 is 2.18 bits per heavy atom. The van der Waals surface area contributed by atoms with Crippen molar-refractivity contribution < 1.29 is 4.79 Å². The maximum Gasteiger partial charge on any atom is 0.242 e. The van der Waals surface area contributed by atoms with Gasteiger partial charge in [0.25, 0.3) is 0 Å². The molecule has 0 saturated carbocycles. The highest BCUT2D eigenvalue weighted by Gasteiger charge is 2.29. The van der Waals surface area contributed by atoms with Crippen molar-refractivity contribution in [3.63, 3.8) is 0 Å². The van der Waals surface area contributed by atoms with Crippen LogP contribution in [0.3, 0.4) is 0 Å². The lowest BCUT2D eigenvalue weighted by Gasteiger charge is -2.29. The number of hydrogen-bond acceptors (Lipinski definition) is 3. The van der Waals surface area contributed by atoms with E-state index in [2.05, 4.69) is 17.3 Å². The summed E-state index contributed by atoms with van der Waals surface area (Å²) in [5, 5.41) is 3.06. The summed E-state index contributed by atoms with van der Waals surface area (Å²) >= 11 is 0. The van der Waals surface area contributed by atoms with Gasteiger partial charge in [0, 0.05) is 20.1 Å². The SMILES string of the molecule is CNC(C)(C)C(=O)N(C)CCC1CCN(C)C1. The van der Waals surface area contributed by atoms with Gasteiger partial charge in [0.05, 0.1) is 5.54 Å². The molecule has 100 valence electrons. The van der Waals surface area contributed by atoms with E-state index in [-0.39, 0.29) is 5.91 Å². The highest BCUT2D eigenvalue weighted by Crippen LogP contribution is 2.18. The normalized spacial score (nSPS) is 21.8. The first-order valence-electron chi connectivity index (χ1n) is 6.50. The largest absolute Gasteiger partial charge is 0.344 e. The van der Waals surface area contributed by atoms with Gasteiger partial charge in [-0.15, -0.1) is 0 Å². The molecule has 1 rings (SSSR count). The van der Waals surface area contributed by atoms with Gasteiger partial charge < -0.3 is 15.1 Å². The van der Waals surface area contributed by atoms with E-state index in [0.29, 0.717) is 0 Å². The van der Waals surface area contributed by atoms with Crippen LogP contribution in [-0.4, -0.2) is 62.0 Å². The summed E-state index contributed by atoms with van der Waals surface area (Å²) in [5.74, 6) is 0.930. The van der Waals surface area contributed by atoms with Crippen molar-refractivity contribution in [2.75, 3.05) is 40.8 Å². The Bertz CT molecular complexity index is 265. The third-order valence-corrected chi connectivity index (χ3v) is 3.87. The molecule has 4 heteroatoms. The Morgan fingerprint density at radius 3 is 2.65 bits per heavy atom. The summed E-state index contributed by atoms with van der Waals surface area (Å²) in [4.78, 5) is 16.3. The number of likely N-dealkylation sites (tertiary alicyclic amines) is 1. The predicted molar refractivity (Wildman–Crippen MR) is 71.0 cm³/mol. The van der Waals surface area contributed by atoms with Gasteiger partial charge >= 0.3 is 0 Å². The number of nitrogens with zero attached hydrogens (tertiary/aromatic N) is 2. The van der Waals surface area contributed by atoms with Gasteiger partial charge in [0.2, 0.25) is 5.91 Å². The van der Waals surface area contributed by atoms with E-state index in [0.717, 1.165) is 18.9 Å². The Balaban J connectivity index is 2.34. The first-order valence-corrected chi connectivity index (χ1v) is 6.50. The quantitative estimate of drug-likeness (QED) is 0.773. The molecule has 1 fully saturated rings. The van der Waals surface area contributed by atoms with Crippen LogP contribution in [-0.2, 0) is 4.79 Å². The predicted octanol–water partition coefficient (Wildman–Crippen LogP) is 0.785. The monoisotopic (exact) mass is 241 g/mol. The molecule has 1 N–H and O–H groups in total. The fourth-order valence-electron chi connectivity index (χ4n) is 2.32. The highest BCUT2D eigenvalue weighted by atomic mass is 16.2. The molecular formula is C13H27N3O. The molecule has 1 saturated heterocycles. The van der Waals surface area contributed by atoms with E-state index in [1.165, 1.54) is 19.5 Å². The lowest BCUT2D eigenvalue weighted by atomic mass is 10.0. The fourth-order valence-corrected chi connectivity index (χ4v) is 2.32. The molecule has 0 aromatic rings. The van der Waals surface area contributed by atoms with Crippen molar-refractivity contribution in [3.8, 4) is 0 Å². The minimum atomic E-state index is -0.457. The summed E-state index contributed by atoms with van der Waals surface area (Å²) in [6.45, 7) is 7.09. The van der Waals surface area contributed by atoms with Gasteiger partial charge in [0.15, 0.2) is 0 Å². The van der Waals surface area contributed by atoms with E-state index in [1.807, 2.05) is 32.8 Å². The van der Waals surface area contributed by atoms with Crippen molar-refractivity contribution in [2.45, 2.75) is 32.2 Å². The van der Waals surface area contributed by atoms with Crippen LogP contribution in [0.2, 0.25) is 0 Å². The third kappa shape index (κ3) is 3.96. The molecule has 0 aromatic heterocycles. The molecule has 1 heterocycles. The van der Waals surface area contributed by atoms with Crippen molar-refractivity contribution in [2.24, 2.45) is 5.92 Å². The lowest BCUT2D eigenvalue weighted by molar-refractivity contribution is -0.135. The summed E-state index contributed by atoms with van der Waals surface area (Å²) in [5.41, 5.74) is -0.457. The smallest absolute Gasteiger partial charge is 0.242 e. The fraction of sp³-hybridized carbons (Fsp3) is 0.923. The second-order valence-electron chi connectivity index (χ2n) is 5.81. The molecule has 4 nitrogen and oxygen atoms in total. The average Bonchev–Trinajstić information content (AvgIpc) is 2.71. The van der Waals surface area contributed by atoms with E-state index < -0.39 is 5.54 Å². The number of likely N-dealkylation sites (N-methyl/N-ethyl adjacent to an activating group) is 2. The first kappa shape index (κ1) is 14.5. The molecule has 0 aromatic carbocycles. The zero-order valence-electron chi connectivity index (χ0n) is 11.9. The molecule has 1 aliphatic rings. The van der Waals surface area contributed by atoms with Crippen LogP contribution in [0, 0.1) is 5.92 Å². The van der Waals surface area contributed by atoms with E-state index in [9.17, 15) is 4.79 Å². The molecule has 0 aliphatic carbocycles. The van der Waals surface area contributed by atoms with E-state index in [1.54, 1.807) is 0 Å². The highest BCUT2D eigenvalue weighted by molar-refractivity contribution is 5.85. The first-order chi connectivity index (χ1) is 7.86. The summed E-state index contributed by atoms with van der Waals surface area (Å²) in [7, 11) is 5.90. The lowest BCUT2D eigenvalue weighted by Crippen LogP contribution is -2.51. The Labute approximate surface area is 105 Å². The van der Waals surface area contributed by atoms with Crippen LogP contribution in [0.5, 0.6) is 0 Å². The van der Waals surface area contributed by atoms with Crippen molar-refractivity contribution >= 4 is 5.91 Å². The van der Waals surface area contributed by atoms with Gasteiger partial charge in [-0.1, -0.05) is 0 Å². The van der Waals surface area contributed by atoms with Crippen LogP contribution in [0.15, 0.2) is 0 Å². The zero-order chi connectivity index (χ0) is 13.1. The third-order valence-electron chi connectivity index (χ3n) is 3.87. The minimum absolute atomic E-state index is 0.173. The van der Waals surface area contributed by atoms with Crippen LogP contribution in [0.4, 0.5) is 0 Å². The maximum atomic E-state index is 12.1.